The number of H-pyrrole nitrogens is 1. The number of anilines is 1. The van der Waals surface area contributed by atoms with Crippen LogP contribution in [-0.2, 0) is 0 Å². The van der Waals surface area contributed by atoms with Crippen LogP contribution in [0, 0.1) is 23.3 Å². The highest BCUT2D eigenvalue weighted by Crippen LogP contribution is 2.19. The van der Waals surface area contributed by atoms with Crippen molar-refractivity contribution in [3.8, 4) is 0 Å². The maximum Gasteiger partial charge on any atom is 0.258 e. The Labute approximate surface area is 97.6 Å². The number of rotatable bonds is 2. The van der Waals surface area contributed by atoms with Gasteiger partial charge in [-0.2, -0.15) is 5.10 Å². The molecule has 2 rings (SSSR count). The molecule has 0 aliphatic heterocycles. The van der Waals surface area contributed by atoms with Crippen molar-refractivity contribution in [1.82, 2.24) is 10.2 Å². The minimum absolute atomic E-state index is 0.171. The molecule has 4 nitrogen and oxygen atoms in total. The van der Waals surface area contributed by atoms with Crippen molar-refractivity contribution in [3.63, 3.8) is 0 Å². The summed E-state index contributed by atoms with van der Waals surface area (Å²) in [5.74, 6) is -8.52. The minimum Gasteiger partial charge on any atom is -0.319 e. The van der Waals surface area contributed by atoms with E-state index in [2.05, 4.69) is 15.5 Å². The van der Waals surface area contributed by atoms with Crippen molar-refractivity contribution < 1.29 is 22.4 Å². The first-order valence-corrected chi connectivity index (χ1v) is 4.64. The molecule has 8 heteroatoms. The fourth-order valence-corrected chi connectivity index (χ4v) is 1.26. The summed E-state index contributed by atoms with van der Waals surface area (Å²) >= 11 is 0. The van der Waals surface area contributed by atoms with E-state index in [1.807, 2.05) is 0 Å². The van der Waals surface area contributed by atoms with Gasteiger partial charge >= 0.3 is 0 Å². The van der Waals surface area contributed by atoms with Gasteiger partial charge in [0.2, 0.25) is 0 Å². The topological polar surface area (TPSA) is 57.8 Å². The van der Waals surface area contributed by atoms with Crippen LogP contribution in [0.2, 0.25) is 0 Å². The Balaban J connectivity index is 2.36. The molecule has 2 N–H and O–H groups in total. The van der Waals surface area contributed by atoms with Gasteiger partial charge in [-0.1, -0.05) is 0 Å². The summed E-state index contributed by atoms with van der Waals surface area (Å²) in [6, 6.07) is 0.281. The molecule has 0 radical (unpaired) electrons. The Bertz CT molecular complexity index is 598. The van der Waals surface area contributed by atoms with Gasteiger partial charge in [-0.3, -0.25) is 9.89 Å². The molecule has 94 valence electrons. The number of hydrogen-bond donors (Lipinski definition) is 2. The van der Waals surface area contributed by atoms with Gasteiger partial charge in [0.15, 0.2) is 23.3 Å². The largest absolute Gasteiger partial charge is 0.319 e. The third-order valence-corrected chi connectivity index (χ3v) is 2.10. The predicted octanol–water partition coefficient (Wildman–Crippen LogP) is 2.22. The molecule has 0 unspecified atom stereocenters. The van der Waals surface area contributed by atoms with Crippen LogP contribution >= 0.6 is 0 Å². The van der Waals surface area contributed by atoms with Gasteiger partial charge in [0, 0.05) is 6.20 Å². The third kappa shape index (κ3) is 2.04. The van der Waals surface area contributed by atoms with Crippen molar-refractivity contribution in [1.29, 1.82) is 0 Å². The van der Waals surface area contributed by atoms with Crippen molar-refractivity contribution in [2.75, 3.05) is 5.32 Å². The van der Waals surface area contributed by atoms with Crippen molar-refractivity contribution in [2.45, 2.75) is 0 Å². The number of nitrogens with one attached hydrogen (secondary N) is 2. The standard InChI is InChI=1S/C10H5F4N3O/c11-6-1-5(7(12)9(14)8(6)13)10(18)17-4-2-15-16-3-4/h1-3H,(H,15,16)(H,17,18). The van der Waals surface area contributed by atoms with Crippen LogP contribution in [0.4, 0.5) is 23.2 Å². The second-order valence-corrected chi connectivity index (χ2v) is 3.29. The molecule has 0 fully saturated rings. The van der Waals surface area contributed by atoms with E-state index in [1.165, 1.54) is 12.4 Å². The number of hydrogen-bond acceptors (Lipinski definition) is 2. The predicted molar refractivity (Wildman–Crippen MR) is 52.8 cm³/mol. The lowest BCUT2D eigenvalue weighted by atomic mass is 10.1. The molecule has 0 atom stereocenters. The van der Waals surface area contributed by atoms with Gasteiger partial charge in [0.1, 0.15) is 0 Å². The Kier molecular flexibility index (Phi) is 3.00. The van der Waals surface area contributed by atoms with Crippen molar-refractivity contribution >= 4 is 11.6 Å². The Morgan fingerprint density at radius 1 is 1.17 bits per heavy atom. The third-order valence-electron chi connectivity index (χ3n) is 2.10. The van der Waals surface area contributed by atoms with E-state index in [4.69, 9.17) is 0 Å². The summed E-state index contributed by atoms with van der Waals surface area (Å²) in [7, 11) is 0. The summed E-state index contributed by atoms with van der Waals surface area (Å²) in [5, 5.41) is 7.99. The van der Waals surface area contributed by atoms with Gasteiger partial charge in [0.25, 0.3) is 5.91 Å². The van der Waals surface area contributed by atoms with Crippen LogP contribution in [0.1, 0.15) is 10.4 Å². The van der Waals surface area contributed by atoms with E-state index in [0.717, 1.165) is 0 Å². The number of aromatic nitrogens is 2. The van der Waals surface area contributed by atoms with Crippen molar-refractivity contribution in [2.24, 2.45) is 0 Å². The zero-order chi connectivity index (χ0) is 13.3. The number of halogens is 4. The molecular formula is C10H5F4N3O. The highest BCUT2D eigenvalue weighted by atomic mass is 19.2. The van der Waals surface area contributed by atoms with Gasteiger partial charge in [-0.15, -0.1) is 0 Å². The molecule has 0 bridgehead atoms. The van der Waals surface area contributed by atoms with Gasteiger partial charge in [0.05, 0.1) is 17.4 Å². The first-order valence-electron chi connectivity index (χ1n) is 4.64. The first-order chi connectivity index (χ1) is 8.50. The molecule has 18 heavy (non-hydrogen) atoms. The second kappa shape index (κ2) is 4.47. The highest BCUT2D eigenvalue weighted by Gasteiger charge is 2.23. The molecule has 0 spiro atoms. The summed E-state index contributed by atoms with van der Waals surface area (Å²) in [6.45, 7) is 0. The van der Waals surface area contributed by atoms with Gasteiger partial charge in [-0.05, 0) is 6.07 Å². The maximum absolute atomic E-state index is 13.3. The van der Waals surface area contributed by atoms with E-state index in [9.17, 15) is 22.4 Å². The number of carbonyl (C=O) groups excluding carboxylic acids is 1. The lowest BCUT2D eigenvalue weighted by Gasteiger charge is -2.05. The van der Waals surface area contributed by atoms with Crippen LogP contribution in [0.3, 0.4) is 0 Å². The molecule has 1 heterocycles. The van der Waals surface area contributed by atoms with E-state index in [-0.39, 0.29) is 11.8 Å². The molecular weight excluding hydrogens is 254 g/mol. The molecule has 2 aromatic rings. The molecule has 0 aliphatic carbocycles. The summed E-state index contributed by atoms with van der Waals surface area (Å²) < 4.78 is 51.7. The monoisotopic (exact) mass is 259 g/mol. The number of benzene rings is 1. The molecule has 1 aromatic heterocycles. The normalized spacial score (nSPS) is 10.4. The second-order valence-electron chi connectivity index (χ2n) is 3.29. The van der Waals surface area contributed by atoms with Crippen molar-refractivity contribution in [3.05, 3.63) is 47.3 Å². The van der Waals surface area contributed by atoms with E-state index >= 15 is 0 Å². The minimum atomic E-state index is -2.03. The maximum atomic E-state index is 13.3. The van der Waals surface area contributed by atoms with Crippen LogP contribution < -0.4 is 5.32 Å². The Morgan fingerprint density at radius 3 is 2.50 bits per heavy atom. The average molecular weight is 259 g/mol. The lowest BCUT2D eigenvalue weighted by Crippen LogP contribution is -2.15. The molecule has 1 aromatic carbocycles. The van der Waals surface area contributed by atoms with Gasteiger partial charge < -0.3 is 5.32 Å². The first kappa shape index (κ1) is 12.1. The summed E-state index contributed by atoms with van der Waals surface area (Å²) in [4.78, 5) is 11.5. The molecule has 0 saturated heterocycles. The molecule has 1 amide bonds. The number of aromatic amines is 1. The van der Waals surface area contributed by atoms with E-state index in [1.54, 1.807) is 0 Å². The Hall–Kier alpha value is -2.38. The van der Waals surface area contributed by atoms with Gasteiger partial charge in [-0.25, -0.2) is 17.6 Å². The Morgan fingerprint density at radius 2 is 1.89 bits per heavy atom. The highest BCUT2D eigenvalue weighted by molar-refractivity contribution is 6.04. The fourth-order valence-electron chi connectivity index (χ4n) is 1.26. The number of nitrogens with zero attached hydrogens (tertiary/aromatic N) is 1. The molecule has 0 aliphatic rings. The SMILES string of the molecule is O=C(Nc1cn[nH]c1)c1cc(F)c(F)c(F)c1F. The summed E-state index contributed by atoms with van der Waals surface area (Å²) in [5.41, 5.74) is -0.767. The lowest BCUT2D eigenvalue weighted by molar-refractivity contribution is 0.102. The summed E-state index contributed by atoms with van der Waals surface area (Å²) in [6.07, 6.45) is 2.47. The van der Waals surface area contributed by atoms with Crippen LogP contribution in [0.5, 0.6) is 0 Å². The smallest absolute Gasteiger partial charge is 0.258 e. The zero-order valence-electron chi connectivity index (χ0n) is 8.60. The number of amides is 1. The fraction of sp³-hybridized carbons (Fsp3) is 0. The van der Waals surface area contributed by atoms with Crippen LogP contribution in [-0.4, -0.2) is 16.1 Å². The van der Waals surface area contributed by atoms with Crippen LogP contribution in [0.25, 0.3) is 0 Å². The zero-order valence-corrected chi connectivity index (χ0v) is 8.60. The quantitative estimate of drug-likeness (QED) is 0.493. The molecule has 0 saturated carbocycles. The van der Waals surface area contributed by atoms with E-state index < -0.39 is 34.7 Å². The number of carbonyl (C=O) groups is 1. The van der Waals surface area contributed by atoms with Crippen LogP contribution in [0.15, 0.2) is 18.5 Å². The van der Waals surface area contributed by atoms with E-state index in [0.29, 0.717) is 0 Å². The average Bonchev–Trinajstić information content (AvgIpc) is 2.83.